The summed E-state index contributed by atoms with van der Waals surface area (Å²) < 4.78 is 13.5. The van der Waals surface area contributed by atoms with Crippen LogP contribution in [-0.4, -0.2) is 59.9 Å². The van der Waals surface area contributed by atoms with Crippen LogP contribution in [0.1, 0.15) is 84.3 Å². The summed E-state index contributed by atoms with van der Waals surface area (Å²) in [6.45, 7) is 8.76. The number of nitrogens with zero attached hydrogens (tertiary/aromatic N) is 2. The number of benzene rings is 3. The molecule has 2 fully saturated rings. The molecule has 3 aromatic carbocycles. The van der Waals surface area contributed by atoms with Crippen molar-refractivity contribution in [2.75, 3.05) is 36.4 Å². The smallest absolute Gasteiger partial charge is 0.305 e. The second-order valence-electron chi connectivity index (χ2n) is 13.1. The zero-order chi connectivity index (χ0) is 33.0. The van der Waals surface area contributed by atoms with Crippen molar-refractivity contribution in [1.29, 1.82) is 0 Å². The van der Waals surface area contributed by atoms with Crippen LogP contribution in [0, 0.1) is 11.7 Å². The molecule has 1 aliphatic carbocycles. The molecule has 242 valence electrons. The summed E-state index contributed by atoms with van der Waals surface area (Å²) in [6, 6.07) is 16.8. The molecule has 0 aromatic heterocycles. The second-order valence-corrected chi connectivity index (χ2v) is 13.1. The van der Waals surface area contributed by atoms with Gasteiger partial charge in [0.25, 0.3) is 11.8 Å². The fourth-order valence-electron chi connectivity index (χ4n) is 5.70. The maximum Gasteiger partial charge on any atom is 0.305 e. The molecule has 9 nitrogen and oxygen atoms in total. The van der Waals surface area contributed by atoms with Crippen molar-refractivity contribution in [1.82, 2.24) is 10.2 Å². The van der Waals surface area contributed by atoms with Crippen molar-refractivity contribution < 1.29 is 28.7 Å². The van der Waals surface area contributed by atoms with E-state index in [4.69, 9.17) is 0 Å². The van der Waals surface area contributed by atoms with E-state index in [0.717, 1.165) is 30.5 Å². The minimum Gasteiger partial charge on any atom is -0.481 e. The number of hydrogen-bond donors (Lipinski definition) is 3. The van der Waals surface area contributed by atoms with E-state index >= 15 is 0 Å². The van der Waals surface area contributed by atoms with Crippen molar-refractivity contribution in [3.63, 3.8) is 0 Å². The third-order valence-corrected chi connectivity index (χ3v) is 8.55. The number of aliphatic carboxylic acids is 1. The Balaban J connectivity index is 1.42. The Kier molecular flexibility index (Phi) is 9.74. The van der Waals surface area contributed by atoms with Crippen LogP contribution in [-0.2, 0) is 15.0 Å². The van der Waals surface area contributed by atoms with Crippen LogP contribution < -0.4 is 15.5 Å². The Bertz CT molecular complexity index is 1600. The first kappa shape index (κ1) is 32.7. The number of carbonyl (C=O) groups excluding carboxylic acids is 3. The van der Waals surface area contributed by atoms with Crippen molar-refractivity contribution in [2.24, 2.45) is 5.92 Å². The second kappa shape index (κ2) is 13.7. The van der Waals surface area contributed by atoms with E-state index in [0.29, 0.717) is 43.0 Å². The van der Waals surface area contributed by atoms with Gasteiger partial charge in [-0.05, 0) is 78.3 Å². The predicted octanol–water partition coefficient (Wildman–Crippen LogP) is 5.77. The molecule has 1 aliphatic heterocycles. The number of anilines is 2. The Morgan fingerprint density at radius 2 is 1.54 bits per heavy atom. The molecule has 0 spiro atoms. The molecule has 2 aliphatic rings. The highest BCUT2D eigenvalue weighted by Gasteiger charge is 2.34. The van der Waals surface area contributed by atoms with Crippen LogP contribution >= 0.6 is 0 Å². The van der Waals surface area contributed by atoms with Crippen molar-refractivity contribution in [3.05, 3.63) is 94.8 Å². The number of halogens is 1. The summed E-state index contributed by atoms with van der Waals surface area (Å²) in [5, 5.41) is 15.3. The SMILES string of the molecule is CC(C)(C)c1ccc(C(=O)Nc2cc(C(=O)NC(CC(=O)O)c3ccc(F)cc3)ccc2N2CCCN(C(=O)C3CC3)CC2)cc1. The summed E-state index contributed by atoms with van der Waals surface area (Å²) >= 11 is 0. The van der Waals surface area contributed by atoms with Crippen molar-refractivity contribution in [2.45, 2.75) is 57.9 Å². The number of carboxylic acids is 1. The van der Waals surface area contributed by atoms with Crippen LogP contribution in [0.2, 0.25) is 0 Å². The average Bonchev–Trinajstić information content (AvgIpc) is 3.88. The van der Waals surface area contributed by atoms with E-state index in [1.807, 2.05) is 17.0 Å². The third kappa shape index (κ3) is 8.10. The molecule has 3 aromatic rings. The van der Waals surface area contributed by atoms with Gasteiger partial charge in [-0.2, -0.15) is 0 Å². The Morgan fingerprint density at radius 1 is 0.870 bits per heavy atom. The Morgan fingerprint density at radius 3 is 2.17 bits per heavy atom. The molecule has 46 heavy (non-hydrogen) atoms. The van der Waals surface area contributed by atoms with Crippen molar-refractivity contribution in [3.8, 4) is 0 Å². The highest BCUT2D eigenvalue weighted by Crippen LogP contribution is 2.33. The molecule has 1 atom stereocenters. The van der Waals surface area contributed by atoms with Crippen LogP contribution in [0.4, 0.5) is 15.8 Å². The molecule has 1 saturated heterocycles. The predicted molar refractivity (Wildman–Crippen MR) is 175 cm³/mol. The van der Waals surface area contributed by atoms with Gasteiger partial charge in [0.15, 0.2) is 0 Å². The Labute approximate surface area is 268 Å². The highest BCUT2D eigenvalue weighted by molar-refractivity contribution is 6.07. The maximum atomic E-state index is 13.5. The molecule has 1 unspecified atom stereocenters. The molecule has 1 saturated carbocycles. The quantitative estimate of drug-likeness (QED) is 0.277. The summed E-state index contributed by atoms with van der Waals surface area (Å²) in [7, 11) is 0. The van der Waals surface area contributed by atoms with Crippen LogP contribution in [0.25, 0.3) is 0 Å². The summed E-state index contributed by atoms with van der Waals surface area (Å²) in [5.41, 5.74) is 3.31. The van der Waals surface area contributed by atoms with Gasteiger partial charge in [0.1, 0.15) is 5.82 Å². The minimum absolute atomic E-state index is 0.0716. The van der Waals surface area contributed by atoms with Crippen molar-refractivity contribution >= 4 is 35.1 Å². The van der Waals surface area contributed by atoms with Gasteiger partial charge in [-0.15, -0.1) is 0 Å². The van der Waals surface area contributed by atoms with Gasteiger partial charge in [0.2, 0.25) is 5.91 Å². The van der Waals surface area contributed by atoms with E-state index in [2.05, 4.69) is 36.3 Å². The first-order chi connectivity index (χ1) is 21.9. The van der Waals surface area contributed by atoms with E-state index in [-0.39, 0.29) is 28.7 Å². The number of rotatable bonds is 9. The lowest BCUT2D eigenvalue weighted by Crippen LogP contribution is -2.36. The molecular formula is C36H41FN4O5. The van der Waals surface area contributed by atoms with Crippen LogP contribution in [0.15, 0.2) is 66.7 Å². The topological polar surface area (TPSA) is 119 Å². The summed E-state index contributed by atoms with van der Waals surface area (Å²) in [6.07, 6.45) is 2.26. The fourth-order valence-corrected chi connectivity index (χ4v) is 5.70. The number of nitrogens with one attached hydrogen (secondary N) is 2. The van der Waals surface area contributed by atoms with E-state index in [1.54, 1.807) is 30.3 Å². The van der Waals surface area contributed by atoms with Gasteiger partial charge in [0, 0.05) is 43.2 Å². The normalized spacial score (nSPS) is 15.9. The van der Waals surface area contributed by atoms with Gasteiger partial charge in [-0.1, -0.05) is 45.0 Å². The molecule has 3 amide bonds. The fraction of sp³-hybridized carbons (Fsp3) is 0.389. The number of carboxylic acid groups (broad SMARTS) is 1. The highest BCUT2D eigenvalue weighted by atomic mass is 19.1. The average molecular weight is 629 g/mol. The lowest BCUT2D eigenvalue weighted by Gasteiger charge is -2.27. The van der Waals surface area contributed by atoms with E-state index in [1.165, 1.54) is 24.3 Å². The molecule has 0 bridgehead atoms. The number of carbonyl (C=O) groups is 4. The molecule has 5 rings (SSSR count). The minimum atomic E-state index is -1.12. The van der Waals surface area contributed by atoms with Gasteiger partial charge in [-0.3, -0.25) is 19.2 Å². The lowest BCUT2D eigenvalue weighted by molar-refractivity contribution is -0.137. The van der Waals surface area contributed by atoms with Gasteiger partial charge < -0.3 is 25.5 Å². The van der Waals surface area contributed by atoms with Gasteiger partial charge in [0.05, 0.1) is 23.8 Å². The summed E-state index contributed by atoms with van der Waals surface area (Å²) in [5.74, 6) is -2.12. The molecule has 10 heteroatoms. The largest absolute Gasteiger partial charge is 0.481 e. The lowest BCUT2D eigenvalue weighted by atomic mass is 9.86. The van der Waals surface area contributed by atoms with Crippen LogP contribution in [0.5, 0.6) is 0 Å². The first-order valence-corrected chi connectivity index (χ1v) is 15.8. The zero-order valence-corrected chi connectivity index (χ0v) is 26.5. The van der Waals surface area contributed by atoms with E-state index in [9.17, 15) is 28.7 Å². The molecule has 1 heterocycles. The maximum absolute atomic E-state index is 13.5. The summed E-state index contributed by atoms with van der Waals surface area (Å²) in [4.78, 5) is 55.4. The van der Waals surface area contributed by atoms with Crippen LogP contribution in [0.3, 0.4) is 0 Å². The molecule has 0 radical (unpaired) electrons. The third-order valence-electron chi connectivity index (χ3n) is 8.55. The number of hydrogen-bond acceptors (Lipinski definition) is 5. The molecule has 3 N–H and O–H groups in total. The standard InChI is InChI=1S/C36H41FN4O5/c1-36(2,3)27-12-7-24(8-13-27)33(44)39-30-21-26(34(45)38-29(22-32(42)43)23-9-14-28(37)15-10-23)11-16-31(30)40-17-4-18-41(20-19-40)35(46)25-5-6-25/h7-16,21,25,29H,4-6,17-20,22H2,1-3H3,(H,38,45)(H,39,44)(H,42,43). The zero-order valence-electron chi connectivity index (χ0n) is 26.5. The monoisotopic (exact) mass is 628 g/mol. The van der Waals surface area contributed by atoms with Gasteiger partial charge in [-0.25, -0.2) is 4.39 Å². The Hall–Kier alpha value is -4.73. The number of amides is 3. The van der Waals surface area contributed by atoms with Gasteiger partial charge >= 0.3 is 5.97 Å². The first-order valence-electron chi connectivity index (χ1n) is 15.8. The van der Waals surface area contributed by atoms with E-state index < -0.39 is 30.2 Å². The molecular weight excluding hydrogens is 587 g/mol.